The molecule has 2 bridgehead atoms. The Morgan fingerprint density at radius 1 is 0.926 bits per heavy atom. The van der Waals surface area contributed by atoms with Crippen molar-refractivity contribution in [1.82, 2.24) is 0 Å². The third-order valence-corrected chi connectivity index (χ3v) is 15.1. The van der Waals surface area contributed by atoms with Crippen molar-refractivity contribution in [2.75, 3.05) is 0 Å². The zero-order valence-corrected chi connectivity index (χ0v) is 19.0. The summed E-state index contributed by atoms with van der Waals surface area (Å²) in [5, 5.41) is -0.397. The van der Waals surface area contributed by atoms with Crippen LogP contribution in [0, 0.1) is 23.9 Å². The van der Waals surface area contributed by atoms with Gasteiger partial charge in [-0.3, -0.25) is 0 Å². The van der Waals surface area contributed by atoms with Gasteiger partial charge in [-0.15, -0.1) is 0 Å². The zero-order valence-electron chi connectivity index (χ0n) is 16.1. The first kappa shape index (κ1) is 19.4. The standard InChI is InChI=1S/C22H27IO3S/c1-21(2)17-14-15-22(21,3)20(16-17)27(24,25)26-23(18-10-6-4-7-11-18)19-12-8-5-9-13-19/h4-13,17,20H,14-16H2,1-3H3. The van der Waals surface area contributed by atoms with Crippen LogP contribution in [0.4, 0.5) is 0 Å². The number of benzene rings is 2. The van der Waals surface area contributed by atoms with Crippen LogP contribution in [0.3, 0.4) is 0 Å². The first-order valence-corrected chi connectivity index (χ1v) is 14.0. The molecule has 2 aliphatic carbocycles. The molecule has 146 valence electrons. The monoisotopic (exact) mass is 498 g/mol. The van der Waals surface area contributed by atoms with Gasteiger partial charge in [-0.25, -0.2) is 0 Å². The first-order valence-electron chi connectivity index (χ1n) is 9.49. The molecule has 3 nitrogen and oxygen atoms in total. The molecule has 4 rings (SSSR count). The van der Waals surface area contributed by atoms with E-state index in [4.69, 9.17) is 2.51 Å². The number of fused-ring (bicyclic) bond motifs is 2. The second-order valence-electron chi connectivity index (χ2n) is 8.49. The van der Waals surface area contributed by atoms with Crippen LogP contribution in [-0.4, -0.2) is 13.7 Å². The van der Waals surface area contributed by atoms with Gasteiger partial charge >= 0.3 is 171 Å². The molecule has 2 aliphatic rings. The van der Waals surface area contributed by atoms with Crippen molar-refractivity contribution in [2.45, 2.75) is 45.3 Å². The third-order valence-electron chi connectivity index (χ3n) is 7.08. The Morgan fingerprint density at radius 3 is 1.85 bits per heavy atom. The maximum atomic E-state index is 13.5. The van der Waals surface area contributed by atoms with Gasteiger partial charge in [0.15, 0.2) is 0 Å². The molecule has 0 spiro atoms. The summed E-state index contributed by atoms with van der Waals surface area (Å²) in [4.78, 5) is 0. The molecule has 0 heterocycles. The first-order chi connectivity index (χ1) is 12.8. The molecule has 2 saturated carbocycles. The van der Waals surface area contributed by atoms with E-state index in [-0.39, 0.29) is 10.8 Å². The van der Waals surface area contributed by atoms with Crippen molar-refractivity contribution in [3.8, 4) is 0 Å². The van der Waals surface area contributed by atoms with Crippen molar-refractivity contribution >= 4 is 30.4 Å². The van der Waals surface area contributed by atoms with E-state index in [9.17, 15) is 8.42 Å². The van der Waals surface area contributed by atoms with Crippen LogP contribution in [0.25, 0.3) is 0 Å². The minimum absolute atomic E-state index is 0.0482. The quantitative estimate of drug-likeness (QED) is 0.497. The van der Waals surface area contributed by atoms with Crippen LogP contribution in [0.5, 0.6) is 0 Å². The summed E-state index contributed by atoms with van der Waals surface area (Å²) >= 11 is -2.54. The molecule has 2 aromatic carbocycles. The maximum absolute atomic E-state index is 13.5. The van der Waals surface area contributed by atoms with Crippen molar-refractivity contribution in [1.29, 1.82) is 0 Å². The molecule has 3 unspecified atom stereocenters. The van der Waals surface area contributed by atoms with Crippen molar-refractivity contribution in [3.05, 3.63) is 67.8 Å². The van der Waals surface area contributed by atoms with Crippen LogP contribution in [0.1, 0.15) is 40.0 Å². The average Bonchev–Trinajstić information content (AvgIpc) is 3.01. The molecule has 2 aromatic rings. The van der Waals surface area contributed by atoms with Gasteiger partial charge in [0, 0.05) is 0 Å². The van der Waals surface area contributed by atoms with Gasteiger partial charge in [-0.05, 0) is 0 Å². The summed E-state index contributed by atoms with van der Waals surface area (Å²) in [6.45, 7) is 6.64. The Balaban J connectivity index is 1.70. The summed E-state index contributed by atoms with van der Waals surface area (Å²) in [6, 6.07) is 19.7. The molecule has 0 radical (unpaired) electrons. The fourth-order valence-electron chi connectivity index (χ4n) is 4.96. The van der Waals surface area contributed by atoms with Crippen molar-refractivity contribution < 1.29 is 10.9 Å². The topological polar surface area (TPSA) is 43.4 Å². The van der Waals surface area contributed by atoms with Crippen LogP contribution in [-0.2, 0) is 12.6 Å². The van der Waals surface area contributed by atoms with E-state index in [1.54, 1.807) is 0 Å². The SMILES string of the molecule is CC1(C)C2CCC1(C)C(S(=O)(=O)OI(c1ccccc1)c1ccccc1)C2. The molecule has 0 N–H and O–H groups in total. The van der Waals surface area contributed by atoms with Gasteiger partial charge in [-0.2, -0.15) is 0 Å². The van der Waals surface area contributed by atoms with Gasteiger partial charge < -0.3 is 0 Å². The molecule has 0 aromatic heterocycles. The Morgan fingerprint density at radius 2 is 1.44 bits per heavy atom. The predicted octanol–water partition coefficient (Wildman–Crippen LogP) is 5.71. The van der Waals surface area contributed by atoms with E-state index in [0.717, 1.165) is 26.4 Å². The minimum atomic E-state index is -3.65. The van der Waals surface area contributed by atoms with E-state index < -0.39 is 35.6 Å². The zero-order chi connectivity index (χ0) is 19.3. The molecular weight excluding hydrogens is 471 g/mol. The third kappa shape index (κ3) is 3.15. The summed E-state index contributed by atoms with van der Waals surface area (Å²) in [6.07, 6.45) is 2.84. The van der Waals surface area contributed by atoms with Crippen molar-refractivity contribution in [3.63, 3.8) is 0 Å². The Labute approximate surface area is 170 Å². The number of halogens is 1. The van der Waals surface area contributed by atoms with E-state index in [1.165, 1.54) is 0 Å². The molecule has 5 heteroatoms. The van der Waals surface area contributed by atoms with Crippen LogP contribution < -0.4 is 0 Å². The van der Waals surface area contributed by atoms with Gasteiger partial charge in [0.2, 0.25) is 0 Å². The fourth-order valence-corrected chi connectivity index (χ4v) is 13.2. The number of rotatable bonds is 5. The number of hydrogen-bond acceptors (Lipinski definition) is 3. The molecule has 2 fully saturated rings. The van der Waals surface area contributed by atoms with Crippen LogP contribution in [0.15, 0.2) is 60.7 Å². The Bertz CT molecular complexity index is 872. The van der Waals surface area contributed by atoms with Gasteiger partial charge in [-0.1, -0.05) is 0 Å². The van der Waals surface area contributed by atoms with E-state index in [2.05, 4.69) is 20.8 Å². The van der Waals surface area contributed by atoms with Crippen LogP contribution >= 0.6 is 20.2 Å². The summed E-state index contributed by atoms with van der Waals surface area (Å²) in [5.41, 5.74) is -0.154. The summed E-state index contributed by atoms with van der Waals surface area (Å²) < 4.78 is 35.1. The molecule has 0 aliphatic heterocycles. The second kappa shape index (κ2) is 6.85. The van der Waals surface area contributed by atoms with E-state index >= 15 is 0 Å². The normalized spacial score (nSPS) is 29.7. The number of hydrogen-bond donors (Lipinski definition) is 0. The predicted molar refractivity (Wildman–Crippen MR) is 117 cm³/mol. The Kier molecular flexibility index (Phi) is 4.92. The second-order valence-corrected chi connectivity index (χ2v) is 15.2. The van der Waals surface area contributed by atoms with Crippen LogP contribution in [0.2, 0.25) is 0 Å². The van der Waals surface area contributed by atoms with Gasteiger partial charge in [0.1, 0.15) is 0 Å². The van der Waals surface area contributed by atoms with Crippen molar-refractivity contribution in [2.24, 2.45) is 16.7 Å². The fraction of sp³-hybridized carbons (Fsp3) is 0.455. The Hall–Kier alpha value is -0.920. The van der Waals surface area contributed by atoms with Gasteiger partial charge in [0.05, 0.1) is 0 Å². The molecule has 0 amide bonds. The average molecular weight is 498 g/mol. The molecule has 3 atom stereocenters. The molecule has 27 heavy (non-hydrogen) atoms. The van der Waals surface area contributed by atoms with E-state index in [1.807, 2.05) is 60.7 Å². The van der Waals surface area contributed by atoms with E-state index in [0.29, 0.717) is 5.92 Å². The summed E-state index contributed by atoms with van der Waals surface area (Å²) in [5.74, 6) is 0.474. The van der Waals surface area contributed by atoms with Gasteiger partial charge in [0.25, 0.3) is 0 Å². The molecule has 0 saturated heterocycles. The summed E-state index contributed by atoms with van der Waals surface area (Å²) in [7, 11) is -3.65. The molecular formula is C22H27IO3S.